The Morgan fingerprint density at radius 1 is 1.82 bits per heavy atom. The summed E-state index contributed by atoms with van der Waals surface area (Å²) in [5.74, 6) is 0. The van der Waals surface area contributed by atoms with Crippen LogP contribution in [0.4, 0.5) is 6.01 Å². The van der Waals surface area contributed by atoms with E-state index in [9.17, 15) is 0 Å². The van der Waals surface area contributed by atoms with Crippen LogP contribution in [0, 0.1) is 0 Å². The summed E-state index contributed by atoms with van der Waals surface area (Å²) in [5.41, 5.74) is 0. The van der Waals surface area contributed by atoms with E-state index in [1.165, 1.54) is 11.2 Å². The molecule has 0 fully saturated rings. The number of aromatic nitrogens is 1. The van der Waals surface area contributed by atoms with Crippen LogP contribution in [0.15, 0.2) is 16.9 Å². The Labute approximate surface area is 89.8 Å². The predicted octanol–water partition coefficient (Wildman–Crippen LogP) is 0.940. The maximum Gasteiger partial charge on any atom is 0.300 e. The van der Waals surface area contributed by atoms with Gasteiger partial charge in [0.1, 0.15) is 6.26 Å². The first-order valence-electron chi connectivity index (χ1n) is 2.56. The van der Waals surface area contributed by atoms with Gasteiger partial charge in [-0.2, -0.15) is 0 Å². The number of rotatable bonds is 1. The van der Waals surface area contributed by atoms with E-state index in [0.29, 0.717) is 10.3 Å². The van der Waals surface area contributed by atoms with Crippen LogP contribution in [0.1, 0.15) is 0 Å². The van der Waals surface area contributed by atoms with Crippen molar-refractivity contribution in [3.8, 4) is 0 Å². The van der Waals surface area contributed by atoms with Crippen molar-refractivity contribution in [3.63, 3.8) is 0 Å². The van der Waals surface area contributed by atoms with Crippen LogP contribution in [0.3, 0.4) is 0 Å². The number of nitrogens with zero attached hydrogens (tertiary/aromatic N) is 2. The molecule has 0 radical (unpaired) electrons. The van der Waals surface area contributed by atoms with E-state index < -0.39 is 0 Å². The molecule has 0 aliphatic rings. The van der Waals surface area contributed by atoms with Crippen molar-refractivity contribution in [2.45, 2.75) is 0 Å². The minimum atomic E-state index is 0. The quantitative estimate of drug-likeness (QED) is 0.430. The summed E-state index contributed by atoms with van der Waals surface area (Å²) < 4.78 is 5.24. The summed E-state index contributed by atoms with van der Waals surface area (Å²) in [5, 5.41) is 0. The van der Waals surface area contributed by atoms with Gasteiger partial charge in [-0.15, -0.1) is 0 Å². The Hall–Kier alpha value is 0.00831. The average molecular weight is 269 g/mol. The van der Waals surface area contributed by atoms with Crippen LogP contribution in [0.25, 0.3) is 0 Å². The van der Waals surface area contributed by atoms with E-state index >= 15 is 0 Å². The number of hydrogen-bond donors (Lipinski definition) is 0. The van der Waals surface area contributed by atoms with Gasteiger partial charge in [-0.05, 0) is 0 Å². The van der Waals surface area contributed by atoms with Gasteiger partial charge in [-0.1, -0.05) is 4.32 Å². The molecule has 11 heavy (non-hydrogen) atoms. The molecule has 0 saturated carbocycles. The number of thiocarbonyl (C=S) groups is 1. The Balaban J connectivity index is 0.000001000. The molecule has 0 aromatic carbocycles. The smallest absolute Gasteiger partial charge is 0.300 e. The largest absolute Gasteiger partial charge is 0.432 e. The minimum absolute atomic E-state index is 0. The molecule has 60 valence electrons. The standard InChI is InChI=1S/C5H6N2OS2.Mo/c1-7(5(9)10)4-6-2-3-8-4;/h2-3H,1H3,(H,9,10);/p-1. The molecule has 0 N–H and O–H groups in total. The summed E-state index contributed by atoms with van der Waals surface area (Å²) in [6.45, 7) is 0. The molecule has 3 nitrogen and oxygen atoms in total. The molecule has 0 saturated heterocycles. The van der Waals surface area contributed by atoms with E-state index in [1.807, 2.05) is 0 Å². The first-order chi connectivity index (χ1) is 4.72. The van der Waals surface area contributed by atoms with Gasteiger partial charge in [0.05, 0.1) is 6.20 Å². The second-order valence-electron chi connectivity index (χ2n) is 1.64. The summed E-state index contributed by atoms with van der Waals surface area (Å²) >= 11 is 9.41. The van der Waals surface area contributed by atoms with Gasteiger partial charge in [0, 0.05) is 28.1 Å². The van der Waals surface area contributed by atoms with E-state index in [2.05, 4.69) is 4.98 Å². The molecule has 0 aliphatic heterocycles. The third-order valence-corrected chi connectivity index (χ3v) is 1.53. The molecule has 0 aliphatic carbocycles. The Kier molecular flexibility index (Phi) is 4.80. The molecule has 0 bridgehead atoms. The summed E-state index contributed by atoms with van der Waals surface area (Å²) in [4.78, 5) is 5.36. The van der Waals surface area contributed by atoms with Gasteiger partial charge in [-0.25, -0.2) is 4.98 Å². The molecular formula is C5H5MoN2OS2-. The van der Waals surface area contributed by atoms with Gasteiger partial charge in [-0.3, -0.25) is 0 Å². The van der Waals surface area contributed by atoms with E-state index in [0.717, 1.165) is 0 Å². The van der Waals surface area contributed by atoms with Crippen LogP contribution in [-0.2, 0) is 33.7 Å². The van der Waals surface area contributed by atoms with Crippen molar-refractivity contribution >= 4 is 35.2 Å². The molecule has 1 aromatic rings. The van der Waals surface area contributed by atoms with E-state index in [1.54, 1.807) is 13.2 Å². The fourth-order valence-corrected chi connectivity index (χ4v) is 0.616. The van der Waals surface area contributed by atoms with Crippen LogP contribution in [-0.4, -0.2) is 16.4 Å². The first kappa shape index (κ1) is 11.0. The Bertz CT molecular complexity index is 226. The zero-order valence-electron chi connectivity index (χ0n) is 5.68. The molecule has 0 unspecified atom stereocenters. The Morgan fingerprint density at radius 2 is 2.45 bits per heavy atom. The van der Waals surface area contributed by atoms with Crippen molar-refractivity contribution in [1.82, 2.24) is 4.98 Å². The molecule has 1 rings (SSSR count). The van der Waals surface area contributed by atoms with Gasteiger partial charge in [0.15, 0.2) is 0 Å². The fraction of sp³-hybridized carbons (Fsp3) is 0.200. The third kappa shape index (κ3) is 2.85. The van der Waals surface area contributed by atoms with Gasteiger partial charge >= 0.3 is 0 Å². The van der Waals surface area contributed by atoms with Gasteiger partial charge < -0.3 is 34.2 Å². The number of hydrogen-bond acceptors (Lipinski definition) is 4. The topological polar surface area (TPSA) is 29.3 Å². The maximum atomic E-state index is 4.92. The fourth-order valence-electron chi connectivity index (χ4n) is 0.460. The van der Waals surface area contributed by atoms with Gasteiger partial charge in [0.2, 0.25) is 0 Å². The van der Waals surface area contributed by atoms with Crippen LogP contribution in [0.2, 0.25) is 0 Å². The third-order valence-electron chi connectivity index (χ3n) is 0.980. The van der Waals surface area contributed by atoms with E-state index in [-0.39, 0.29) is 21.1 Å². The van der Waals surface area contributed by atoms with Crippen molar-refractivity contribution in [2.75, 3.05) is 11.9 Å². The minimum Gasteiger partial charge on any atom is -0.432 e. The first-order valence-corrected chi connectivity index (χ1v) is 3.37. The number of oxazole rings is 1. The van der Waals surface area contributed by atoms with Gasteiger partial charge in [0.25, 0.3) is 6.01 Å². The monoisotopic (exact) mass is 271 g/mol. The number of anilines is 1. The normalized spacial score (nSPS) is 8.45. The van der Waals surface area contributed by atoms with E-state index in [4.69, 9.17) is 29.3 Å². The summed E-state index contributed by atoms with van der Waals surface area (Å²) in [6, 6.07) is 0.431. The van der Waals surface area contributed by atoms with Crippen molar-refractivity contribution < 1.29 is 25.5 Å². The van der Waals surface area contributed by atoms with Crippen LogP contribution < -0.4 is 4.90 Å². The zero-order valence-corrected chi connectivity index (χ0v) is 9.32. The van der Waals surface area contributed by atoms with Crippen molar-refractivity contribution in [3.05, 3.63) is 12.5 Å². The SMILES string of the molecule is CN(C(=S)[S-])c1ncco1.[Mo]. The molecule has 0 atom stereocenters. The summed E-state index contributed by atoms with van der Waals surface area (Å²) in [6.07, 6.45) is 3.01. The summed E-state index contributed by atoms with van der Waals surface area (Å²) in [7, 11) is 1.71. The zero-order chi connectivity index (χ0) is 7.56. The molecule has 1 aromatic heterocycles. The maximum absolute atomic E-state index is 4.92. The molecular weight excluding hydrogens is 264 g/mol. The second kappa shape index (κ2) is 4.80. The predicted molar refractivity (Wildman–Crippen MR) is 44.9 cm³/mol. The van der Waals surface area contributed by atoms with Crippen LogP contribution in [0.5, 0.6) is 0 Å². The second-order valence-corrected chi connectivity index (χ2v) is 2.67. The van der Waals surface area contributed by atoms with Crippen LogP contribution >= 0.6 is 12.2 Å². The molecule has 6 heteroatoms. The van der Waals surface area contributed by atoms with Crippen molar-refractivity contribution in [2.24, 2.45) is 0 Å². The average Bonchev–Trinajstić information content (AvgIpc) is 2.36. The van der Waals surface area contributed by atoms with Crippen molar-refractivity contribution in [1.29, 1.82) is 0 Å². The Morgan fingerprint density at radius 3 is 2.82 bits per heavy atom. The molecule has 0 spiro atoms. The molecule has 0 amide bonds. The molecule has 1 heterocycles.